The molecule has 0 unspecified atom stereocenters. The average molecular weight is 229 g/mol. The average Bonchev–Trinajstić information content (AvgIpc) is 2.29. The lowest BCUT2D eigenvalue weighted by Crippen LogP contribution is -1.97. The Morgan fingerprint density at radius 1 is 1.40 bits per heavy atom. The molecule has 1 aromatic carbocycles. The Bertz CT molecular complexity index is 337. The molecule has 1 aromatic rings. The number of aliphatic hydroxyl groups excluding tert-OH is 1. The lowest BCUT2D eigenvalue weighted by Gasteiger charge is -2.09. The van der Waals surface area contributed by atoms with E-state index < -0.39 is 0 Å². The van der Waals surface area contributed by atoms with Gasteiger partial charge in [-0.05, 0) is 23.8 Å². The molecule has 0 radical (unpaired) electrons. The first kappa shape index (κ1) is 11.9. The van der Waals surface area contributed by atoms with Gasteiger partial charge in [0, 0.05) is 5.54 Å². The van der Waals surface area contributed by atoms with Gasteiger partial charge in [0.05, 0.1) is 13.7 Å². The molecule has 0 amide bonds. The second-order valence-corrected chi connectivity index (χ2v) is 3.07. The molecule has 0 fully saturated rings. The molecule has 0 aromatic heterocycles. The van der Waals surface area contributed by atoms with E-state index in [-0.39, 0.29) is 6.61 Å². The number of methoxy groups -OCH3 is 1. The van der Waals surface area contributed by atoms with Crippen LogP contribution in [-0.2, 0) is 6.61 Å². The SMILES string of the molecule is COc1cc(CO)ccc1OC/C=C/Cl. The zero-order valence-electron chi connectivity index (χ0n) is 8.44. The summed E-state index contributed by atoms with van der Waals surface area (Å²) in [6.45, 7) is 0.372. The van der Waals surface area contributed by atoms with Crippen molar-refractivity contribution in [2.45, 2.75) is 6.61 Å². The van der Waals surface area contributed by atoms with E-state index >= 15 is 0 Å². The van der Waals surface area contributed by atoms with Crippen LogP contribution in [0.2, 0.25) is 0 Å². The van der Waals surface area contributed by atoms with E-state index in [1.54, 1.807) is 31.4 Å². The minimum absolute atomic E-state index is 0.0157. The molecule has 0 spiro atoms. The van der Waals surface area contributed by atoms with Crippen LogP contribution < -0.4 is 9.47 Å². The molecular weight excluding hydrogens is 216 g/mol. The van der Waals surface area contributed by atoms with Gasteiger partial charge >= 0.3 is 0 Å². The summed E-state index contributed by atoms with van der Waals surface area (Å²) in [5, 5.41) is 8.94. The quantitative estimate of drug-likeness (QED) is 0.841. The third kappa shape index (κ3) is 3.46. The van der Waals surface area contributed by atoms with Crippen molar-refractivity contribution in [3.05, 3.63) is 35.4 Å². The van der Waals surface area contributed by atoms with Crippen LogP contribution in [0, 0.1) is 0 Å². The molecule has 0 aliphatic heterocycles. The predicted octanol–water partition coefficient (Wildman–Crippen LogP) is 2.32. The summed E-state index contributed by atoms with van der Waals surface area (Å²) < 4.78 is 10.5. The van der Waals surface area contributed by atoms with Crippen molar-refractivity contribution in [3.63, 3.8) is 0 Å². The van der Waals surface area contributed by atoms with E-state index in [0.717, 1.165) is 5.56 Å². The van der Waals surface area contributed by atoms with Gasteiger partial charge in [-0.1, -0.05) is 17.7 Å². The first-order chi connectivity index (χ1) is 7.31. The lowest BCUT2D eigenvalue weighted by atomic mass is 10.2. The standard InChI is InChI=1S/C11H13ClO3/c1-14-11-7-9(8-13)3-4-10(11)15-6-2-5-12/h2-5,7,13H,6,8H2,1H3/b5-2+. The molecule has 0 saturated heterocycles. The first-order valence-corrected chi connectivity index (χ1v) is 4.91. The summed E-state index contributed by atoms with van der Waals surface area (Å²) in [4.78, 5) is 0. The largest absolute Gasteiger partial charge is 0.493 e. The van der Waals surface area contributed by atoms with Gasteiger partial charge in [-0.25, -0.2) is 0 Å². The highest BCUT2D eigenvalue weighted by molar-refractivity contribution is 6.25. The molecule has 0 bridgehead atoms. The van der Waals surface area contributed by atoms with Crippen molar-refractivity contribution in [2.75, 3.05) is 13.7 Å². The molecule has 3 nitrogen and oxygen atoms in total. The van der Waals surface area contributed by atoms with Gasteiger partial charge in [0.15, 0.2) is 11.5 Å². The van der Waals surface area contributed by atoms with Crippen LogP contribution >= 0.6 is 11.6 Å². The summed E-state index contributed by atoms with van der Waals surface area (Å²) in [6.07, 6.45) is 1.68. The maximum absolute atomic E-state index is 8.94. The molecule has 0 aliphatic rings. The Labute approximate surface area is 93.9 Å². The second-order valence-electron chi connectivity index (χ2n) is 2.82. The Morgan fingerprint density at radius 3 is 2.80 bits per heavy atom. The summed E-state index contributed by atoms with van der Waals surface area (Å²) in [7, 11) is 1.56. The van der Waals surface area contributed by atoms with Crippen LogP contribution in [-0.4, -0.2) is 18.8 Å². The molecular formula is C11H13ClO3. The summed E-state index contributed by atoms with van der Waals surface area (Å²) in [6, 6.07) is 5.27. The molecule has 0 atom stereocenters. The van der Waals surface area contributed by atoms with Crippen molar-refractivity contribution in [3.8, 4) is 11.5 Å². The van der Waals surface area contributed by atoms with Gasteiger partial charge in [0.2, 0.25) is 0 Å². The highest BCUT2D eigenvalue weighted by Gasteiger charge is 2.04. The topological polar surface area (TPSA) is 38.7 Å². The second kappa shape index (κ2) is 6.32. The molecule has 0 saturated carbocycles. The first-order valence-electron chi connectivity index (χ1n) is 4.47. The Morgan fingerprint density at radius 2 is 2.20 bits per heavy atom. The number of hydrogen-bond donors (Lipinski definition) is 1. The van der Waals surface area contributed by atoms with Crippen molar-refractivity contribution in [1.29, 1.82) is 0 Å². The van der Waals surface area contributed by atoms with Crippen LogP contribution in [0.1, 0.15) is 5.56 Å². The lowest BCUT2D eigenvalue weighted by molar-refractivity contribution is 0.279. The fourth-order valence-corrected chi connectivity index (χ4v) is 1.18. The molecule has 1 N–H and O–H groups in total. The van der Waals surface area contributed by atoms with Gasteiger partial charge in [-0.15, -0.1) is 0 Å². The number of benzene rings is 1. The minimum atomic E-state index is -0.0157. The van der Waals surface area contributed by atoms with Crippen LogP contribution in [0.15, 0.2) is 29.8 Å². The van der Waals surface area contributed by atoms with Crippen LogP contribution in [0.4, 0.5) is 0 Å². The van der Waals surface area contributed by atoms with Crippen LogP contribution in [0.3, 0.4) is 0 Å². The van der Waals surface area contributed by atoms with Crippen molar-refractivity contribution < 1.29 is 14.6 Å². The number of halogens is 1. The van der Waals surface area contributed by atoms with Gasteiger partial charge in [0.1, 0.15) is 6.61 Å². The monoisotopic (exact) mass is 228 g/mol. The number of hydrogen-bond acceptors (Lipinski definition) is 3. The van der Waals surface area contributed by atoms with E-state index in [1.165, 1.54) is 5.54 Å². The van der Waals surface area contributed by atoms with Gasteiger partial charge in [-0.2, -0.15) is 0 Å². The van der Waals surface area contributed by atoms with Gasteiger partial charge < -0.3 is 14.6 Å². The molecule has 0 heterocycles. The molecule has 0 aliphatic carbocycles. The van der Waals surface area contributed by atoms with Crippen LogP contribution in [0.25, 0.3) is 0 Å². The minimum Gasteiger partial charge on any atom is -0.493 e. The third-order valence-electron chi connectivity index (χ3n) is 1.83. The molecule has 82 valence electrons. The number of aliphatic hydroxyl groups is 1. The summed E-state index contributed by atoms with van der Waals surface area (Å²) >= 11 is 5.36. The third-order valence-corrected chi connectivity index (χ3v) is 2.01. The van der Waals surface area contributed by atoms with E-state index in [0.29, 0.717) is 18.1 Å². The maximum atomic E-state index is 8.94. The van der Waals surface area contributed by atoms with Gasteiger partial charge in [0.25, 0.3) is 0 Å². The van der Waals surface area contributed by atoms with Gasteiger partial charge in [-0.3, -0.25) is 0 Å². The normalized spacial score (nSPS) is 10.6. The molecule has 15 heavy (non-hydrogen) atoms. The predicted molar refractivity (Wildman–Crippen MR) is 59.4 cm³/mol. The van der Waals surface area contributed by atoms with E-state index in [2.05, 4.69) is 0 Å². The highest BCUT2D eigenvalue weighted by atomic mass is 35.5. The Hall–Kier alpha value is -1.19. The van der Waals surface area contributed by atoms with Crippen molar-refractivity contribution in [2.24, 2.45) is 0 Å². The van der Waals surface area contributed by atoms with E-state index in [4.69, 9.17) is 26.2 Å². The molecule has 1 rings (SSSR count). The van der Waals surface area contributed by atoms with Crippen molar-refractivity contribution in [1.82, 2.24) is 0 Å². The molecule has 4 heteroatoms. The summed E-state index contributed by atoms with van der Waals surface area (Å²) in [5.41, 5.74) is 2.18. The Balaban J connectivity index is 2.78. The fourth-order valence-electron chi connectivity index (χ4n) is 1.10. The maximum Gasteiger partial charge on any atom is 0.161 e. The van der Waals surface area contributed by atoms with E-state index in [1.807, 2.05) is 0 Å². The van der Waals surface area contributed by atoms with Crippen molar-refractivity contribution >= 4 is 11.6 Å². The van der Waals surface area contributed by atoms with Crippen LogP contribution in [0.5, 0.6) is 11.5 Å². The highest BCUT2D eigenvalue weighted by Crippen LogP contribution is 2.27. The van der Waals surface area contributed by atoms with E-state index in [9.17, 15) is 0 Å². The number of rotatable bonds is 5. The zero-order chi connectivity index (χ0) is 11.1. The Kier molecular flexibility index (Phi) is 5.01. The summed E-state index contributed by atoms with van der Waals surface area (Å²) in [5.74, 6) is 1.23. The smallest absolute Gasteiger partial charge is 0.161 e. The number of ether oxygens (including phenoxy) is 2. The zero-order valence-corrected chi connectivity index (χ0v) is 9.20. The fraction of sp³-hybridized carbons (Fsp3) is 0.273.